The lowest BCUT2D eigenvalue weighted by Crippen LogP contribution is -2.40. The van der Waals surface area contributed by atoms with Gasteiger partial charge < -0.3 is 0 Å². The van der Waals surface area contributed by atoms with Crippen LogP contribution in [0.25, 0.3) is 0 Å². The highest BCUT2D eigenvalue weighted by molar-refractivity contribution is 14.1. The lowest BCUT2D eigenvalue weighted by Gasteiger charge is -2.17. The molecule has 17 heavy (non-hydrogen) atoms. The van der Waals surface area contributed by atoms with Crippen LogP contribution in [0.1, 0.15) is 13.3 Å². The first-order valence-corrected chi connectivity index (χ1v) is 7.77. The molecule has 0 heterocycles. The van der Waals surface area contributed by atoms with Crippen LogP contribution in [0.5, 0.6) is 0 Å². The molecule has 0 aromatic rings. The third kappa shape index (κ3) is 3.75. The van der Waals surface area contributed by atoms with E-state index >= 15 is 0 Å². The Kier molecular flexibility index (Phi) is 5.54. The molecule has 0 aromatic heterocycles. The van der Waals surface area contributed by atoms with E-state index < -0.39 is 13.9 Å². The molecule has 0 aromatic carbocycles. The highest BCUT2D eigenvalue weighted by Gasteiger charge is 2.28. The summed E-state index contributed by atoms with van der Waals surface area (Å²) in [5.41, 5.74) is 2.94. The van der Waals surface area contributed by atoms with Gasteiger partial charge in [-0.2, -0.15) is 0 Å². The zero-order chi connectivity index (χ0) is 12.9. The molecule has 0 saturated carbocycles. The van der Waals surface area contributed by atoms with E-state index in [1.165, 1.54) is 12.2 Å². The SMILES string of the molecule is CCCNNS(=O)(=O)C1=CC=CC(=C=O)C1I. The number of carbonyl (C=O) groups excluding carboxylic acids is 1. The maximum absolute atomic E-state index is 11.9. The van der Waals surface area contributed by atoms with E-state index in [9.17, 15) is 13.2 Å². The van der Waals surface area contributed by atoms with Gasteiger partial charge in [0.15, 0.2) is 0 Å². The van der Waals surface area contributed by atoms with Crippen molar-refractivity contribution < 1.29 is 13.2 Å². The molecule has 0 spiro atoms. The van der Waals surface area contributed by atoms with Gasteiger partial charge in [-0.1, -0.05) is 35.6 Å². The fraction of sp³-hybridized carbons (Fsp3) is 0.400. The second-order valence-corrected chi connectivity index (χ2v) is 6.31. The van der Waals surface area contributed by atoms with Gasteiger partial charge in [0.05, 0.1) is 14.4 Å². The molecule has 1 rings (SSSR count). The normalized spacial score (nSPS) is 20.0. The first-order valence-electron chi connectivity index (χ1n) is 5.05. The van der Waals surface area contributed by atoms with Crippen LogP contribution in [-0.4, -0.2) is 24.8 Å². The molecule has 1 aliphatic rings. The molecule has 2 N–H and O–H groups in total. The molecule has 0 amide bonds. The van der Waals surface area contributed by atoms with E-state index in [-0.39, 0.29) is 4.91 Å². The second kappa shape index (κ2) is 6.46. The van der Waals surface area contributed by atoms with Gasteiger partial charge in [0.25, 0.3) is 10.0 Å². The van der Waals surface area contributed by atoms with Gasteiger partial charge in [-0.05, 0) is 18.6 Å². The van der Waals surface area contributed by atoms with Crippen molar-refractivity contribution in [1.29, 1.82) is 0 Å². The van der Waals surface area contributed by atoms with Gasteiger partial charge >= 0.3 is 0 Å². The van der Waals surface area contributed by atoms with Gasteiger partial charge in [-0.3, -0.25) is 0 Å². The maximum atomic E-state index is 11.9. The summed E-state index contributed by atoms with van der Waals surface area (Å²) in [7, 11) is -3.61. The molecule has 0 radical (unpaired) electrons. The Morgan fingerprint density at radius 2 is 2.24 bits per heavy atom. The summed E-state index contributed by atoms with van der Waals surface area (Å²) < 4.78 is 23.3. The molecule has 0 fully saturated rings. The standard InChI is InChI=1S/C10H13IN2O3S/c1-2-6-12-13-17(15,16)9-5-3-4-8(7-14)10(9)11/h3-5,10,12-13H,2,6H2,1H3. The number of rotatable bonds is 5. The smallest absolute Gasteiger partial charge is 0.244 e. The highest BCUT2D eigenvalue weighted by Crippen LogP contribution is 2.27. The largest absolute Gasteiger partial charge is 0.250 e. The minimum atomic E-state index is -3.61. The molecule has 1 atom stereocenters. The molecule has 0 aliphatic heterocycles. The fourth-order valence-electron chi connectivity index (χ4n) is 1.21. The third-order valence-electron chi connectivity index (χ3n) is 2.07. The summed E-state index contributed by atoms with van der Waals surface area (Å²) in [4.78, 5) is 13.1. The minimum absolute atomic E-state index is 0.155. The van der Waals surface area contributed by atoms with Crippen molar-refractivity contribution in [3.63, 3.8) is 0 Å². The van der Waals surface area contributed by atoms with Gasteiger partial charge in [-0.15, -0.1) is 4.83 Å². The molecule has 1 aliphatic carbocycles. The maximum Gasteiger partial charge on any atom is 0.250 e. The van der Waals surface area contributed by atoms with E-state index in [4.69, 9.17) is 0 Å². The summed E-state index contributed by atoms with van der Waals surface area (Å²) in [6.45, 7) is 2.48. The predicted molar refractivity (Wildman–Crippen MR) is 74.6 cm³/mol. The van der Waals surface area contributed by atoms with Crippen molar-refractivity contribution in [3.8, 4) is 0 Å². The van der Waals surface area contributed by atoms with E-state index in [1.807, 2.05) is 29.5 Å². The van der Waals surface area contributed by atoms with Crippen molar-refractivity contribution in [3.05, 3.63) is 28.7 Å². The van der Waals surface area contributed by atoms with Crippen LogP contribution in [0.2, 0.25) is 0 Å². The fourth-order valence-corrected chi connectivity index (χ4v) is 3.82. The Balaban J connectivity index is 2.89. The summed E-state index contributed by atoms with van der Waals surface area (Å²) in [6.07, 6.45) is 5.38. The van der Waals surface area contributed by atoms with Crippen molar-refractivity contribution in [1.82, 2.24) is 10.3 Å². The zero-order valence-corrected chi connectivity index (χ0v) is 12.2. The molecule has 0 bridgehead atoms. The van der Waals surface area contributed by atoms with Crippen LogP contribution in [0.4, 0.5) is 0 Å². The number of hydrazine groups is 1. The number of sulfonamides is 1. The number of allylic oxidation sites excluding steroid dienone is 5. The summed E-state index contributed by atoms with van der Waals surface area (Å²) in [6, 6.07) is 0. The highest BCUT2D eigenvalue weighted by atomic mass is 127. The van der Waals surface area contributed by atoms with Gasteiger partial charge in [0.1, 0.15) is 5.94 Å². The summed E-state index contributed by atoms with van der Waals surface area (Å²) in [5, 5.41) is 0. The molecule has 1 unspecified atom stereocenters. The molecular weight excluding hydrogens is 355 g/mol. The quantitative estimate of drug-likeness (QED) is 0.248. The number of hydrogen-bond acceptors (Lipinski definition) is 4. The minimum Gasteiger partial charge on any atom is -0.244 e. The van der Waals surface area contributed by atoms with E-state index in [0.717, 1.165) is 6.42 Å². The number of alkyl halides is 1. The zero-order valence-electron chi connectivity index (χ0n) is 9.23. The Morgan fingerprint density at radius 1 is 1.53 bits per heavy atom. The average Bonchev–Trinajstić information content (AvgIpc) is 2.29. The first-order chi connectivity index (χ1) is 8.03. The topological polar surface area (TPSA) is 75.3 Å². The van der Waals surface area contributed by atoms with Crippen LogP contribution in [0.3, 0.4) is 0 Å². The Bertz CT molecular complexity index is 490. The van der Waals surface area contributed by atoms with E-state index in [0.29, 0.717) is 12.1 Å². The number of hydrogen-bond donors (Lipinski definition) is 2. The van der Waals surface area contributed by atoms with E-state index in [1.54, 1.807) is 12.0 Å². The molecule has 94 valence electrons. The van der Waals surface area contributed by atoms with Gasteiger partial charge in [-0.25, -0.2) is 18.6 Å². The van der Waals surface area contributed by atoms with Crippen LogP contribution in [0.15, 0.2) is 28.7 Å². The third-order valence-corrected chi connectivity index (χ3v) is 5.24. The van der Waals surface area contributed by atoms with Gasteiger partial charge in [0.2, 0.25) is 0 Å². The van der Waals surface area contributed by atoms with Crippen LogP contribution in [0, 0.1) is 0 Å². The van der Waals surface area contributed by atoms with Crippen molar-refractivity contribution in [2.45, 2.75) is 17.3 Å². The lowest BCUT2D eigenvalue weighted by atomic mass is 10.1. The Hall–Kier alpha value is -0.470. The number of nitrogens with one attached hydrogen (secondary N) is 2. The van der Waals surface area contributed by atoms with Crippen LogP contribution in [-0.2, 0) is 14.8 Å². The molecule has 5 nitrogen and oxygen atoms in total. The Labute approximate surface area is 114 Å². The lowest BCUT2D eigenvalue weighted by molar-refractivity contribution is 0.559. The molecule has 7 heteroatoms. The summed E-state index contributed by atoms with van der Waals surface area (Å²) >= 11 is 1.90. The van der Waals surface area contributed by atoms with E-state index in [2.05, 4.69) is 10.3 Å². The Morgan fingerprint density at radius 3 is 2.82 bits per heavy atom. The predicted octanol–water partition coefficient (Wildman–Crippen LogP) is 0.836. The number of halogens is 1. The van der Waals surface area contributed by atoms with Crippen LogP contribution < -0.4 is 10.3 Å². The second-order valence-electron chi connectivity index (χ2n) is 3.38. The summed E-state index contributed by atoms with van der Waals surface area (Å²) in [5.74, 6) is 1.74. The first kappa shape index (κ1) is 14.6. The monoisotopic (exact) mass is 368 g/mol. The average molecular weight is 368 g/mol. The molecule has 0 saturated heterocycles. The van der Waals surface area contributed by atoms with Crippen LogP contribution >= 0.6 is 22.6 Å². The molecular formula is C10H13IN2O3S. The van der Waals surface area contributed by atoms with Crippen molar-refractivity contribution in [2.24, 2.45) is 0 Å². The van der Waals surface area contributed by atoms with Crippen molar-refractivity contribution in [2.75, 3.05) is 6.54 Å². The van der Waals surface area contributed by atoms with Gasteiger partial charge in [0, 0.05) is 6.54 Å². The van der Waals surface area contributed by atoms with Crippen molar-refractivity contribution >= 4 is 38.6 Å².